The molecule has 0 saturated carbocycles. The predicted octanol–water partition coefficient (Wildman–Crippen LogP) is -0.113. The first-order valence-electron chi connectivity index (χ1n) is 4.96. The van der Waals surface area contributed by atoms with E-state index in [1.807, 2.05) is 0 Å². The molecule has 0 amide bonds. The van der Waals surface area contributed by atoms with Gasteiger partial charge in [-0.25, -0.2) is 9.78 Å². The van der Waals surface area contributed by atoms with Gasteiger partial charge in [0.25, 0.3) is 0 Å². The second-order valence-electron chi connectivity index (χ2n) is 3.36. The SMILES string of the molecule is COC(=O)CC(O)C(O)c1nc(C(=O)OC)cs1. The van der Waals surface area contributed by atoms with Gasteiger partial charge in [-0.15, -0.1) is 11.3 Å². The Bertz CT molecular complexity index is 432. The van der Waals surface area contributed by atoms with E-state index in [2.05, 4.69) is 14.5 Å². The van der Waals surface area contributed by atoms with Gasteiger partial charge in [0.2, 0.25) is 0 Å². The topological polar surface area (TPSA) is 106 Å². The lowest BCUT2D eigenvalue weighted by molar-refractivity contribution is -0.144. The van der Waals surface area contributed by atoms with E-state index in [-0.39, 0.29) is 17.1 Å². The van der Waals surface area contributed by atoms with Crippen LogP contribution in [0.5, 0.6) is 0 Å². The van der Waals surface area contributed by atoms with Crippen LogP contribution in [0.3, 0.4) is 0 Å². The van der Waals surface area contributed by atoms with Crippen LogP contribution < -0.4 is 0 Å². The molecule has 1 rings (SSSR count). The fraction of sp³-hybridized carbons (Fsp3) is 0.500. The third-order valence-corrected chi connectivity index (χ3v) is 3.05. The Hall–Kier alpha value is -1.51. The number of rotatable bonds is 5. The number of aliphatic hydroxyl groups excluding tert-OH is 2. The van der Waals surface area contributed by atoms with Crippen molar-refractivity contribution in [3.05, 3.63) is 16.1 Å². The third kappa shape index (κ3) is 3.49. The first-order chi connectivity index (χ1) is 8.49. The molecule has 1 aromatic rings. The second kappa shape index (κ2) is 6.43. The predicted molar refractivity (Wildman–Crippen MR) is 61.1 cm³/mol. The van der Waals surface area contributed by atoms with Crippen LogP contribution in [0.2, 0.25) is 0 Å². The second-order valence-corrected chi connectivity index (χ2v) is 4.24. The number of aliphatic hydroxyl groups is 2. The lowest BCUT2D eigenvalue weighted by Gasteiger charge is -2.13. The van der Waals surface area contributed by atoms with Gasteiger partial charge < -0.3 is 19.7 Å². The van der Waals surface area contributed by atoms with E-state index in [4.69, 9.17) is 0 Å². The highest BCUT2D eigenvalue weighted by atomic mass is 32.1. The van der Waals surface area contributed by atoms with Gasteiger partial charge in [-0.1, -0.05) is 0 Å². The van der Waals surface area contributed by atoms with Crippen molar-refractivity contribution in [1.29, 1.82) is 0 Å². The molecule has 0 radical (unpaired) electrons. The molecule has 0 fully saturated rings. The molecule has 0 aliphatic heterocycles. The first kappa shape index (κ1) is 14.6. The molecular formula is C10H13NO6S. The van der Waals surface area contributed by atoms with Crippen LogP contribution in [-0.2, 0) is 14.3 Å². The van der Waals surface area contributed by atoms with Gasteiger partial charge in [0, 0.05) is 5.38 Å². The highest BCUT2D eigenvalue weighted by Crippen LogP contribution is 2.23. The zero-order chi connectivity index (χ0) is 13.7. The number of hydrogen-bond acceptors (Lipinski definition) is 8. The van der Waals surface area contributed by atoms with E-state index < -0.39 is 24.1 Å². The normalized spacial score (nSPS) is 13.8. The Morgan fingerprint density at radius 2 is 2.06 bits per heavy atom. The molecule has 2 unspecified atom stereocenters. The number of carbonyl (C=O) groups excluding carboxylic acids is 2. The van der Waals surface area contributed by atoms with Gasteiger partial charge in [-0.2, -0.15) is 0 Å². The van der Waals surface area contributed by atoms with Crippen molar-refractivity contribution >= 4 is 23.3 Å². The van der Waals surface area contributed by atoms with E-state index >= 15 is 0 Å². The molecule has 2 N–H and O–H groups in total. The molecule has 8 heteroatoms. The van der Waals surface area contributed by atoms with E-state index in [9.17, 15) is 19.8 Å². The van der Waals surface area contributed by atoms with Crippen molar-refractivity contribution in [2.45, 2.75) is 18.6 Å². The molecule has 1 aromatic heterocycles. The molecule has 0 aromatic carbocycles. The van der Waals surface area contributed by atoms with Crippen molar-refractivity contribution in [2.24, 2.45) is 0 Å². The van der Waals surface area contributed by atoms with Crippen LogP contribution in [0.25, 0.3) is 0 Å². The quantitative estimate of drug-likeness (QED) is 0.722. The van der Waals surface area contributed by atoms with Crippen molar-refractivity contribution in [3.63, 3.8) is 0 Å². The zero-order valence-corrected chi connectivity index (χ0v) is 10.6. The van der Waals surface area contributed by atoms with E-state index in [1.54, 1.807) is 0 Å². The van der Waals surface area contributed by atoms with Gasteiger partial charge in [0.15, 0.2) is 5.69 Å². The van der Waals surface area contributed by atoms with Crippen LogP contribution in [-0.4, -0.2) is 47.5 Å². The summed E-state index contributed by atoms with van der Waals surface area (Å²) in [5, 5.41) is 20.8. The van der Waals surface area contributed by atoms with Crippen molar-refractivity contribution in [3.8, 4) is 0 Å². The highest BCUT2D eigenvalue weighted by molar-refractivity contribution is 7.09. The lowest BCUT2D eigenvalue weighted by atomic mass is 10.1. The van der Waals surface area contributed by atoms with Crippen LogP contribution in [0.1, 0.15) is 28.0 Å². The van der Waals surface area contributed by atoms with E-state index in [0.29, 0.717) is 0 Å². The Labute approximate surface area is 107 Å². The molecular weight excluding hydrogens is 262 g/mol. The van der Waals surface area contributed by atoms with Gasteiger partial charge >= 0.3 is 11.9 Å². The smallest absolute Gasteiger partial charge is 0.357 e. The number of carbonyl (C=O) groups is 2. The minimum atomic E-state index is -1.35. The van der Waals surface area contributed by atoms with Gasteiger partial charge in [0.1, 0.15) is 11.1 Å². The number of thiazole rings is 1. The number of ether oxygens (including phenoxy) is 2. The number of methoxy groups -OCH3 is 2. The van der Waals surface area contributed by atoms with Crippen LogP contribution in [0.4, 0.5) is 0 Å². The van der Waals surface area contributed by atoms with Crippen LogP contribution >= 0.6 is 11.3 Å². The molecule has 0 spiro atoms. The van der Waals surface area contributed by atoms with Gasteiger partial charge in [-0.3, -0.25) is 4.79 Å². The van der Waals surface area contributed by atoms with Crippen molar-refractivity contribution in [1.82, 2.24) is 4.98 Å². The number of esters is 2. The molecule has 18 heavy (non-hydrogen) atoms. The fourth-order valence-corrected chi connectivity index (χ4v) is 1.98. The van der Waals surface area contributed by atoms with Crippen molar-refractivity contribution in [2.75, 3.05) is 14.2 Å². The van der Waals surface area contributed by atoms with Gasteiger partial charge in [0.05, 0.1) is 26.7 Å². The van der Waals surface area contributed by atoms with Crippen LogP contribution in [0, 0.1) is 0 Å². The molecule has 2 atom stereocenters. The van der Waals surface area contributed by atoms with E-state index in [0.717, 1.165) is 11.3 Å². The monoisotopic (exact) mass is 275 g/mol. The summed E-state index contributed by atoms with van der Waals surface area (Å²) in [5.41, 5.74) is 0.0434. The largest absolute Gasteiger partial charge is 0.469 e. The molecule has 7 nitrogen and oxygen atoms in total. The zero-order valence-electron chi connectivity index (χ0n) is 9.82. The molecule has 0 aliphatic rings. The lowest BCUT2D eigenvalue weighted by Crippen LogP contribution is -2.22. The number of hydrogen-bond donors (Lipinski definition) is 2. The van der Waals surface area contributed by atoms with Gasteiger partial charge in [-0.05, 0) is 0 Å². The van der Waals surface area contributed by atoms with E-state index in [1.165, 1.54) is 19.6 Å². The minimum Gasteiger partial charge on any atom is -0.469 e. The molecule has 0 saturated heterocycles. The highest BCUT2D eigenvalue weighted by Gasteiger charge is 2.25. The Morgan fingerprint density at radius 3 is 2.61 bits per heavy atom. The molecule has 0 bridgehead atoms. The van der Waals surface area contributed by atoms with Crippen LogP contribution in [0.15, 0.2) is 5.38 Å². The Balaban J connectivity index is 2.71. The summed E-state index contributed by atoms with van der Waals surface area (Å²) in [6, 6.07) is 0. The standard InChI is InChI=1S/C10H13NO6S/c1-16-7(13)3-6(12)8(14)9-11-5(4-18-9)10(15)17-2/h4,6,8,12,14H,3H2,1-2H3. The summed E-state index contributed by atoms with van der Waals surface area (Å²) in [7, 11) is 2.39. The maximum absolute atomic E-state index is 11.1. The average Bonchev–Trinajstić information content (AvgIpc) is 2.86. The summed E-state index contributed by atoms with van der Waals surface area (Å²) in [6.45, 7) is 0. The molecule has 100 valence electrons. The summed E-state index contributed by atoms with van der Waals surface area (Å²) in [4.78, 5) is 25.9. The maximum atomic E-state index is 11.1. The first-order valence-corrected chi connectivity index (χ1v) is 5.84. The molecule has 0 aliphatic carbocycles. The minimum absolute atomic E-state index is 0.0434. The summed E-state index contributed by atoms with van der Waals surface area (Å²) >= 11 is 0.990. The Kier molecular flexibility index (Phi) is 5.20. The third-order valence-electron chi connectivity index (χ3n) is 2.14. The number of nitrogens with zero attached hydrogens (tertiary/aromatic N) is 1. The molecule has 1 heterocycles. The summed E-state index contributed by atoms with van der Waals surface area (Å²) < 4.78 is 8.83. The Morgan fingerprint density at radius 1 is 1.39 bits per heavy atom. The van der Waals surface area contributed by atoms with Crippen molar-refractivity contribution < 1.29 is 29.3 Å². The maximum Gasteiger partial charge on any atom is 0.357 e. The number of aromatic nitrogens is 1. The summed E-state index contributed by atoms with van der Waals surface area (Å²) in [5.74, 6) is -1.28. The summed E-state index contributed by atoms with van der Waals surface area (Å²) in [6.07, 6.45) is -3.05. The average molecular weight is 275 g/mol. The fourth-order valence-electron chi connectivity index (χ4n) is 1.15.